The summed E-state index contributed by atoms with van der Waals surface area (Å²) >= 11 is 5.93. The van der Waals surface area contributed by atoms with E-state index in [2.05, 4.69) is 30.8 Å². The van der Waals surface area contributed by atoms with E-state index in [0.29, 0.717) is 0 Å². The van der Waals surface area contributed by atoms with Crippen molar-refractivity contribution in [1.29, 1.82) is 0 Å². The van der Waals surface area contributed by atoms with Crippen LogP contribution in [-0.2, 0) is 4.74 Å². The standard InChI is InChI=1S/C14H17ClN2O/c1-4-14(2,12-11-13(16-12)18-11)17(3)10-7-5-9(15)6-8-10/h5-8,11-12H,4H2,1-3H3. The van der Waals surface area contributed by atoms with Crippen LogP contribution in [0.5, 0.6) is 0 Å². The Labute approximate surface area is 112 Å². The average molecular weight is 265 g/mol. The second kappa shape index (κ2) is 3.89. The van der Waals surface area contributed by atoms with E-state index in [4.69, 9.17) is 16.3 Å². The summed E-state index contributed by atoms with van der Waals surface area (Å²) in [5.41, 5.74) is 1.14. The van der Waals surface area contributed by atoms with Crippen molar-refractivity contribution in [2.45, 2.75) is 38.0 Å². The van der Waals surface area contributed by atoms with Crippen LogP contribution in [0.25, 0.3) is 0 Å². The van der Waals surface area contributed by atoms with Gasteiger partial charge in [0.2, 0.25) is 5.90 Å². The summed E-state index contributed by atoms with van der Waals surface area (Å²) < 4.78 is 5.40. The molecule has 2 heterocycles. The number of nitrogens with zero attached hydrogens (tertiary/aromatic N) is 2. The molecule has 1 aromatic rings. The van der Waals surface area contributed by atoms with Gasteiger partial charge in [-0.3, -0.25) is 0 Å². The largest absolute Gasteiger partial charge is 0.463 e. The molecule has 0 bridgehead atoms. The Morgan fingerprint density at radius 1 is 1.39 bits per heavy atom. The van der Waals surface area contributed by atoms with Gasteiger partial charge in [-0.1, -0.05) is 18.5 Å². The summed E-state index contributed by atoms with van der Waals surface area (Å²) in [5.74, 6) is 0.934. The Morgan fingerprint density at radius 3 is 2.50 bits per heavy atom. The maximum absolute atomic E-state index is 5.93. The van der Waals surface area contributed by atoms with Crippen molar-refractivity contribution in [1.82, 2.24) is 0 Å². The summed E-state index contributed by atoms with van der Waals surface area (Å²) in [4.78, 5) is 6.82. The van der Waals surface area contributed by atoms with Crippen LogP contribution in [0.3, 0.4) is 0 Å². The van der Waals surface area contributed by atoms with Gasteiger partial charge in [-0.25, -0.2) is 4.99 Å². The number of halogens is 1. The van der Waals surface area contributed by atoms with Crippen LogP contribution in [0.15, 0.2) is 29.3 Å². The number of aliphatic imine (C=N–C) groups is 1. The molecule has 96 valence electrons. The zero-order valence-corrected chi connectivity index (χ0v) is 11.6. The number of likely N-dealkylation sites (N-methyl/N-ethyl adjacent to an activating group) is 1. The molecule has 3 rings (SSSR count). The van der Waals surface area contributed by atoms with E-state index in [1.165, 1.54) is 0 Å². The Balaban J connectivity index is 1.86. The summed E-state index contributed by atoms with van der Waals surface area (Å²) in [6.45, 7) is 4.44. The van der Waals surface area contributed by atoms with Crippen LogP contribution >= 0.6 is 11.6 Å². The van der Waals surface area contributed by atoms with Gasteiger partial charge in [0, 0.05) is 17.8 Å². The maximum Gasteiger partial charge on any atom is 0.229 e. The molecule has 0 N–H and O–H groups in total. The van der Waals surface area contributed by atoms with Crippen molar-refractivity contribution in [2.24, 2.45) is 4.99 Å². The van der Waals surface area contributed by atoms with Crippen molar-refractivity contribution in [3.8, 4) is 0 Å². The zero-order valence-electron chi connectivity index (χ0n) is 10.9. The van der Waals surface area contributed by atoms with E-state index in [9.17, 15) is 0 Å². The Kier molecular flexibility index (Phi) is 2.56. The van der Waals surface area contributed by atoms with Gasteiger partial charge in [-0.2, -0.15) is 0 Å². The molecule has 0 aliphatic carbocycles. The third-order valence-corrected chi connectivity index (χ3v) is 4.57. The number of hydrogen-bond acceptors (Lipinski definition) is 3. The molecule has 3 unspecified atom stereocenters. The first-order valence-corrected chi connectivity index (χ1v) is 6.68. The molecule has 18 heavy (non-hydrogen) atoms. The molecule has 3 atom stereocenters. The third-order valence-electron chi connectivity index (χ3n) is 4.32. The lowest BCUT2D eigenvalue weighted by atomic mass is 9.83. The van der Waals surface area contributed by atoms with E-state index in [1.54, 1.807) is 0 Å². The smallest absolute Gasteiger partial charge is 0.229 e. The molecule has 0 spiro atoms. The second-order valence-corrected chi connectivity index (χ2v) is 5.63. The fourth-order valence-electron chi connectivity index (χ4n) is 2.59. The van der Waals surface area contributed by atoms with Gasteiger partial charge >= 0.3 is 0 Å². The lowest BCUT2D eigenvalue weighted by Gasteiger charge is -2.44. The number of fused-ring (bicyclic) bond motifs is 1. The fraction of sp³-hybridized carbons (Fsp3) is 0.500. The van der Waals surface area contributed by atoms with Crippen LogP contribution < -0.4 is 4.90 Å². The fourth-order valence-corrected chi connectivity index (χ4v) is 2.72. The van der Waals surface area contributed by atoms with E-state index in [-0.39, 0.29) is 17.7 Å². The van der Waals surface area contributed by atoms with Gasteiger partial charge in [0.15, 0.2) is 6.10 Å². The predicted molar refractivity (Wildman–Crippen MR) is 74.6 cm³/mol. The molecule has 2 aliphatic heterocycles. The third kappa shape index (κ3) is 1.61. The number of ether oxygens (including phenoxy) is 1. The highest BCUT2D eigenvalue weighted by Crippen LogP contribution is 2.43. The molecule has 1 fully saturated rings. The minimum Gasteiger partial charge on any atom is -0.463 e. The lowest BCUT2D eigenvalue weighted by molar-refractivity contribution is 0.287. The maximum atomic E-state index is 5.93. The quantitative estimate of drug-likeness (QED) is 0.782. The monoisotopic (exact) mass is 264 g/mol. The summed E-state index contributed by atoms with van der Waals surface area (Å²) in [6, 6.07) is 8.19. The highest BCUT2D eigenvalue weighted by atomic mass is 35.5. The molecular formula is C14H17ClN2O. The molecule has 4 heteroatoms. The van der Waals surface area contributed by atoms with Crippen molar-refractivity contribution < 1.29 is 4.74 Å². The summed E-state index contributed by atoms with van der Waals surface area (Å²) in [6.07, 6.45) is 1.29. The van der Waals surface area contributed by atoms with E-state index < -0.39 is 0 Å². The molecule has 0 saturated carbocycles. The van der Waals surface area contributed by atoms with Gasteiger partial charge < -0.3 is 9.64 Å². The minimum atomic E-state index is -0.0154. The van der Waals surface area contributed by atoms with Crippen molar-refractivity contribution >= 4 is 23.2 Å². The van der Waals surface area contributed by atoms with Gasteiger partial charge in [0.1, 0.15) is 6.04 Å². The number of epoxide rings is 1. The predicted octanol–water partition coefficient (Wildman–Crippen LogP) is 3.12. The first-order valence-electron chi connectivity index (χ1n) is 6.30. The van der Waals surface area contributed by atoms with Gasteiger partial charge in [-0.15, -0.1) is 0 Å². The lowest BCUT2D eigenvalue weighted by Crippen LogP contribution is -2.56. The first-order chi connectivity index (χ1) is 8.56. The number of rotatable bonds is 4. The molecule has 2 aliphatic rings. The summed E-state index contributed by atoms with van der Waals surface area (Å²) in [5, 5.41) is 0.764. The SMILES string of the molecule is CCC(C)(C1N=C2OC21)N(C)c1ccc(Cl)cc1. The second-order valence-electron chi connectivity index (χ2n) is 5.20. The Morgan fingerprint density at radius 2 is 2.06 bits per heavy atom. The van der Waals surface area contributed by atoms with Crippen LogP contribution in [0, 0.1) is 0 Å². The Bertz CT molecular complexity index is 499. The van der Waals surface area contributed by atoms with Gasteiger partial charge in [0.05, 0.1) is 5.54 Å². The first kappa shape index (κ1) is 11.8. The number of benzene rings is 1. The van der Waals surface area contributed by atoms with Gasteiger partial charge in [0.25, 0.3) is 0 Å². The average Bonchev–Trinajstić information content (AvgIpc) is 2.99. The molecule has 0 amide bonds. The molecule has 3 nitrogen and oxygen atoms in total. The van der Waals surface area contributed by atoms with E-state index in [1.807, 2.05) is 24.3 Å². The van der Waals surface area contributed by atoms with Crippen LogP contribution in [0.4, 0.5) is 5.69 Å². The van der Waals surface area contributed by atoms with Crippen molar-refractivity contribution in [2.75, 3.05) is 11.9 Å². The van der Waals surface area contributed by atoms with Crippen molar-refractivity contribution in [3.05, 3.63) is 29.3 Å². The van der Waals surface area contributed by atoms with Crippen LogP contribution in [0.2, 0.25) is 5.02 Å². The minimum absolute atomic E-state index is 0.0154. The molecular weight excluding hydrogens is 248 g/mol. The van der Waals surface area contributed by atoms with Crippen LogP contribution in [0.1, 0.15) is 20.3 Å². The summed E-state index contributed by atoms with van der Waals surface area (Å²) in [7, 11) is 2.11. The van der Waals surface area contributed by atoms with E-state index in [0.717, 1.165) is 23.0 Å². The molecule has 1 aromatic carbocycles. The molecule has 0 radical (unpaired) electrons. The number of hydrogen-bond donors (Lipinski definition) is 0. The highest BCUT2D eigenvalue weighted by Gasteiger charge is 2.59. The molecule has 0 aromatic heterocycles. The molecule has 1 saturated heterocycles. The normalized spacial score (nSPS) is 27.2. The number of anilines is 1. The zero-order chi connectivity index (χ0) is 12.9. The topological polar surface area (TPSA) is 28.1 Å². The van der Waals surface area contributed by atoms with Crippen molar-refractivity contribution in [3.63, 3.8) is 0 Å². The Hall–Kier alpha value is -1.22. The van der Waals surface area contributed by atoms with E-state index >= 15 is 0 Å². The van der Waals surface area contributed by atoms with Gasteiger partial charge in [-0.05, 0) is 37.6 Å². The van der Waals surface area contributed by atoms with Crippen LogP contribution in [-0.4, -0.2) is 30.6 Å². The highest BCUT2D eigenvalue weighted by molar-refractivity contribution is 6.30.